The molecule has 0 atom stereocenters. The van der Waals surface area contributed by atoms with Gasteiger partial charge in [-0.05, 0) is 36.4 Å². The summed E-state index contributed by atoms with van der Waals surface area (Å²) in [4.78, 5) is 18.3. The molecule has 4 rings (SSSR count). The van der Waals surface area contributed by atoms with E-state index in [1.165, 1.54) is 23.1 Å². The van der Waals surface area contributed by atoms with Crippen LogP contribution in [0.3, 0.4) is 0 Å². The van der Waals surface area contributed by atoms with Crippen molar-refractivity contribution in [3.05, 3.63) is 42.6 Å². The lowest BCUT2D eigenvalue weighted by atomic mass is 10.2. The zero-order valence-corrected chi connectivity index (χ0v) is 17.4. The highest BCUT2D eigenvalue weighted by molar-refractivity contribution is 7.99. The molecular weight excluding hydrogens is 408 g/mol. The number of anilines is 2. The number of hydrogen-bond donors (Lipinski definition) is 2. The molecule has 10 heteroatoms. The first-order chi connectivity index (χ1) is 14.1. The molecule has 1 aromatic carbocycles. The molecule has 0 spiro atoms. The molecule has 3 aromatic heterocycles. The molecule has 0 saturated carbocycles. The Labute approximate surface area is 175 Å². The highest BCUT2D eigenvalue weighted by atomic mass is 32.2. The fourth-order valence-corrected chi connectivity index (χ4v) is 4.55. The number of benzene rings is 1. The number of methoxy groups -OCH3 is 1. The van der Waals surface area contributed by atoms with Gasteiger partial charge in [0, 0.05) is 24.3 Å². The van der Waals surface area contributed by atoms with Crippen molar-refractivity contribution in [1.82, 2.24) is 19.7 Å². The van der Waals surface area contributed by atoms with Crippen molar-refractivity contribution in [2.75, 3.05) is 23.9 Å². The summed E-state index contributed by atoms with van der Waals surface area (Å²) < 4.78 is 6.95. The smallest absolute Gasteiger partial charge is 0.234 e. The second-order valence-electron chi connectivity index (χ2n) is 6.13. The monoisotopic (exact) mass is 426 g/mol. The van der Waals surface area contributed by atoms with Crippen molar-refractivity contribution < 1.29 is 9.53 Å². The maximum Gasteiger partial charge on any atom is 0.234 e. The molecular formula is C19H18N6O2S2. The van der Waals surface area contributed by atoms with Gasteiger partial charge < -0.3 is 20.4 Å². The third kappa shape index (κ3) is 3.89. The third-order valence-corrected chi connectivity index (χ3v) is 6.39. The number of nitrogen functional groups attached to an aromatic ring is 1. The summed E-state index contributed by atoms with van der Waals surface area (Å²) in [5.74, 6) is 1.47. The second-order valence-corrected chi connectivity index (χ2v) is 8.07. The van der Waals surface area contributed by atoms with E-state index in [0.717, 1.165) is 20.8 Å². The van der Waals surface area contributed by atoms with Crippen LogP contribution in [0.4, 0.5) is 11.4 Å². The average molecular weight is 427 g/mol. The van der Waals surface area contributed by atoms with E-state index in [2.05, 4.69) is 20.5 Å². The van der Waals surface area contributed by atoms with Gasteiger partial charge in [-0.1, -0.05) is 11.8 Å². The highest BCUT2D eigenvalue weighted by Crippen LogP contribution is 2.39. The summed E-state index contributed by atoms with van der Waals surface area (Å²) in [5.41, 5.74) is 7.64. The van der Waals surface area contributed by atoms with Gasteiger partial charge in [0.1, 0.15) is 10.6 Å². The molecule has 1 amide bonds. The van der Waals surface area contributed by atoms with Crippen LogP contribution in [0, 0.1) is 0 Å². The van der Waals surface area contributed by atoms with Crippen LogP contribution in [0.5, 0.6) is 5.75 Å². The van der Waals surface area contributed by atoms with Crippen LogP contribution in [-0.4, -0.2) is 38.5 Å². The predicted molar refractivity (Wildman–Crippen MR) is 116 cm³/mol. The van der Waals surface area contributed by atoms with Crippen LogP contribution in [0.1, 0.15) is 0 Å². The van der Waals surface area contributed by atoms with E-state index in [1.807, 2.05) is 23.7 Å². The van der Waals surface area contributed by atoms with Crippen molar-refractivity contribution in [1.29, 1.82) is 0 Å². The number of pyridine rings is 1. The Balaban J connectivity index is 1.45. The normalized spacial score (nSPS) is 11.0. The molecule has 0 radical (unpaired) electrons. The molecule has 3 N–H and O–H groups in total. The molecule has 3 heterocycles. The SMILES string of the molecule is COc1ccc(NC(=O)CSc2nnc(-c3sc4ncccc4c3N)n2C)cc1. The van der Waals surface area contributed by atoms with Crippen molar-refractivity contribution in [3.63, 3.8) is 0 Å². The predicted octanol–water partition coefficient (Wildman–Crippen LogP) is 3.41. The largest absolute Gasteiger partial charge is 0.497 e. The number of fused-ring (bicyclic) bond motifs is 1. The van der Waals surface area contributed by atoms with E-state index in [4.69, 9.17) is 10.5 Å². The molecule has 0 fully saturated rings. The molecule has 0 aliphatic carbocycles. The molecule has 0 saturated heterocycles. The van der Waals surface area contributed by atoms with Crippen LogP contribution in [0.25, 0.3) is 20.9 Å². The van der Waals surface area contributed by atoms with Gasteiger partial charge >= 0.3 is 0 Å². The quantitative estimate of drug-likeness (QED) is 0.455. The summed E-state index contributed by atoms with van der Waals surface area (Å²) in [6.45, 7) is 0. The minimum atomic E-state index is -0.129. The van der Waals surface area contributed by atoms with E-state index in [9.17, 15) is 4.79 Å². The van der Waals surface area contributed by atoms with Crippen molar-refractivity contribution in [3.8, 4) is 16.5 Å². The number of thioether (sulfide) groups is 1. The zero-order chi connectivity index (χ0) is 20.4. The van der Waals surface area contributed by atoms with Crippen LogP contribution in [0.15, 0.2) is 47.8 Å². The molecule has 0 bridgehead atoms. The number of amides is 1. The number of aromatic nitrogens is 4. The lowest BCUT2D eigenvalue weighted by Crippen LogP contribution is -2.14. The van der Waals surface area contributed by atoms with Crippen molar-refractivity contribution in [2.45, 2.75) is 5.16 Å². The second kappa shape index (κ2) is 8.10. The number of nitrogens with one attached hydrogen (secondary N) is 1. The fraction of sp³-hybridized carbons (Fsp3) is 0.158. The van der Waals surface area contributed by atoms with E-state index in [1.54, 1.807) is 37.6 Å². The molecule has 0 unspecified atom stereocenters. The maximum absolute atomic E-state index is 12.3. The topological polar surface area (TPSA) is 108 Å². The molecule has 8 nitrogen and oxygen atoms in total. The van der Waals surface area contributed by atoms with Gasteiger partial charge in [0.05, 0.1) is 23.4 Å². The Hall–Kier alpha value is -3.11. The number of rotatable bonds is 6. The first-order valence-electron chi connectivity index (χ1n) is 8.66. The van der Waals surface area contributed by atoms with Gasteiger partial charge in [-0.15, -0.1) is 21.5 Å². The number of hydrogen-bond acceptors (Lipinski definition) is 8. The Bertz CT molecular complexity index is 1170. The van der Waals surface area contributed by atoms with Gasteiger partial charge in [0.15, 0.2) is 11.0 Å². The zero-order valence-electron chi connectivity index (χ0n) is 15.7. The number of nitrogens with zero attached hydrogens (tertiary/aromatic N) is 4. The molecule has 4 aromatic rings. The Kier molecular flexibility index (Phi) is 5.36. The lowest BCUT2D eigenvalue weighted by Gasteiger charge is -2.06. The van der Waals surface area contributed by atoms with E-state index < -0.39 is 0 Å². The van der Waals surface area contributed by atoms with E-state index >= 15 is 0 Å². The number of nitrogens with two attached hydrogens (primary N) is 1. The van der Waals surface area contributed by atoms with E-state index in [-0.39, 0.29) is 11.7 Å². The van der Waals surface area contributed by atoms with Crippen molar-refractivity contribution >= 4 is 50.6 Å². The van der Waals surface area contributed by atoms with Gasteiger partial charge in [0.25, 0.3) is 0 Å². The lowest BCUT2D eigenvalue weighted by molar-refractivity contribution is -0.113. The van der Waals surface area contributed by atoms with Gasteiger partial charge in [-0.2, -0.15) is 0 Å². The molecule has 148 valence electrons. The summed E-state index contributed by atoms with van der Waals surface area (Å²) in [6.07, 6.45) is 1.74. The summed E-state index contributed by atoms with van der Waals surface area (Å²) in [6, 6.07) is 11.0. The van der Waals surface area contributed by atoms with Gasteiger partial charge in [-0.3, -0.25) is 4.79 Å². The van der Waals surface area contributed by atoms with Crippen LogP contribution in [-0.2, 0) is 11.8 Å². The van der Waals surface area contributed by atoms with Crippen LogP contribution in [0.2, 0.25) is 0 Å². The average Bonchev–Trinajstić information content (AvgIpc) is 3.27. The Morgan fingerprint density at radius 1 is 1.28 bits per heavy atom. The third-order valence-electron chi connectivity index (χ3n) is 4.25. The first-order valence-corrected chi connectivity index (χ1v) is 10.5. The van der Waals surface area contributed by atoms with Crippen LogP contribution < -0.4 is 15.8 Å². The number of carbonyl (C=O) groups is 1. The van der Waals surface area contributed by atoms with Crippen LogP contribution >= 0.6 is 23.1 Å². The highest BCUT2D eigenvalue weighted by Gasteiger charge is 2.19. The van der Waals surface area contributed by atoms with Gasteiger partial charge in [-0.25, -0.2) is 4.98 Å². The summed E-state index contributed by atoms with van der Waals surface area (Å²) in [7, 11) is 3.46. The van der Waals surface area contributed by atoms with Gasteiger partial charge in [0.2, 0.25) is 5.91 Å². The number of thiophene rings is 1. The van der Waals surface area contributed by atoms with Crippen molar-refractivity contribution in [2.24, 2.45) is 7.05 Å². The molecule has 0 aliphatic heterocycles. The Morgan fingerprint density at radius 3 is 2.79 bits per heavy atom. The van der Waals surface area contributed by atoms with E-state index in [0.29, 0.717) is 22.4 Å². The maximum atomic E-state index is 12.3. The standard InChI is InChI=1S/C19H18N6O2S2/c1-25-17(16-15(20)13-4-3-9-21-18(13)29-16)23-24-19(25)28-10-14(26)22-11-5-7-12(27-2)8-6-11/h3-9H,10,20H2,1-2H3,(H,22,26). The molecule has 0 aliphatic rings. The summed E-state index contributed by atoms with van der Waals surface area (Å²) >= 11 is 2.79. The number of ether oxygens (including phenoxy) is 1. The minimum absolute atomic E-state index is 0.129. The summed E-state index contributed by atoms with van der Waals surface area (Å²) in [5, 5.41) is 12.9. The molecule has 29 heavy (non-hydrogen) atoms. The Morgan fingerprint density at radius 2 is 2.07 bits per heavy atom. The number of carbonyl (C=O) groups excluding carboxylic acids is 1. The fourth-order valence-electron chi connectivity index (χ4n) is 2.76. The first kappa shape index (κ1) is 19.2. The minimum Gasteiger partial charge on any atom is -0.497 e.